The molecule has 0 radical (unpaired) electrons. The molecule has 5 aliphatic carbocycles. The van der Waals surface area contributed by atoms with E-state index in [1.807, 2.05) is 0 Å². The van der Waals surface area contributed by atoms with Crippen LogP contribution in [0.4, 0.5) is 0 Å². The summed E-state index contributed by atoms with van der Waals surface area (Å²) in [7, 11) is 4.52. The largest absolute Gasteiger partial charge is 0.377 e. The second-order valence-corrected chi connectivity index (χ2v) is 20.3. The van der Waals surface area contributed by atoms with Crippen LogP contribution >= 0.6 is 0 Å². The number of rotatable bonds is 14. The molecule has 0 aromatic rings. The van der Waals surface area contributed by atoms with Crippen LogP contribution in [0.1, 0.15) is 131 Å². The quantitative estimate of drug-likeness (QED) is 0.159. The van der Waals surface area contributed by atoms with Gasteiger partial charge in [0.25, 0.3) is 0 Å². The number of allylic oxidation sites excluding steroid dienone is 12. The van der Waals surface area contributed by atoms with Gasteiger partial charge >= 0.3 is 0 Å². The summed E-state index contributed by atoms with van der Waals surface area (Å²) in [6.07, 6.45) is 30.2. The Hall–Kier alpha value is -3.76. The molecule has 2 unspecified atom stereocenters. The Morgan fingerprint density at radius 1 is 0.610 bits per heavy atom. The molecule has 2 atom stereocenters. The third kappa shape index (κ3) is 14.2. The van der Waals surface area contributed by atoms with Crippen LogP contribution in [0.25, 0.3) is 0 Å². The molecule has 5 rings (SSSR count). The van der Waals surface area contributed by atoms with Gasteiger partial charge in [-0.05, 0) is 161 Å². The number of hydrogen-bond donors (Lipinski definition) is 0. The summed E-state index contributed by atoms with van der Waals surface area (Å²) < 4.78 is 13.1. The molecule has 0 amide bonds. The van der Waals surface area contributed by atoms with Gasteiger partial charge in [0.2, 0.25) is 0 Å². The fraction of sp³-hybridized carbons (Fsp3) is 0.686. The third-order valence-corrected chi connectivity index (χ3v) is 13.9. The maximum absolute atomic E-state index is 9.42. The highest BCUT2D eigenvalue weighted by atomic mass is 16.5. The molecule has 8 nitrogen and oxygen atoms in total. The summed E-state index contributed by atoms with van der Waals surface area (Å²) in [5.41, 5.74) is 4.82. The van der Waals surface area contributed by atoms with Gasteiger partial charge in [0, 0.05) is 25.2 Å². The van der Waals surface area contributed by atoms with E-state index in [9.17, 15) is 21.0 Å². The van der Waals surface area contributed by atoms with Crippen LogP contribution in [0, 0.1) is 73.9 Å². The van der Waals surface area contributed by atoms with E-state index >= 15 is 0 Å². The standard InChI is InChI=1S/C51H72N6O2/c1-37-24-48(58-22-20-56(6)46-16-12-38(13-17-46)8-10-40-26-42(44(33-52)34-53)31-50(2,3)29-40)28-49(25-37)59-23-21-57(7)47-18-14-39(15-19-47)9-11-41-27-43(45(35-54)36-55)32-51(4,5)30-41/h8-11,26-27,37-39,46-49H,12-25,28-32H2,1-7H3/b10-8+,11-9+. The van der Waals surface area contributed by atoms with Crippen molar-refractivity contribution in [3.63, 3.8) is 0 Å². The van der Waals surface area contributed by atoms with E-state index < -0.39 is 0 Å². The molecule has 8 heteroatoms. The van der Waals surface area contributed by atoms with Crippen molar-refractivity contribution in [1.29, 1.82) is 21.0 Å². The van der Waals surface area contributed by atoms with Crippen LogP contribution in [-0.4, -0.2) is 74.5 Å². The first-order valence-corrected chi connectivity index (χ1v) is 22.7. The maximum atomic E-state index is 9.42. The summed E-state index contributed by atoms with van der Waals surface area (Å²) >= 11 is 0. The Morgan fingerprint density at radius 3 is 1.34 bits per heavy atom. The molecule has 0 saturated heterocycles. The number of ether oxygens (including phenoxy) is 2. The molecule has 3 saturated carbocycles. The summed E-state index contributed by atoms with van der Waals surface area (Å²) in [5, 5.41) is 37.7. The Morgan fingerprint density at radius 2 is 0.983 bits per heavy atom. The second-order valence-electron chi connectivity index (χ2n) is 20.3. The monoisotopic (exact) mass is 801 g/mol. The zero-order valence-corrected chi connectivity index (χ0v) is 37.4. The van der Waals surface area contributed by atoms with Crippen molar-refractivity contribution in [2.45, 2.75) is 155 Å². The predicted octanol–water partition coefficient (Wildman–Crippen LogP) is 10.9. The first-order valence-electron chi connectivity index (χ1n) is 22.7. The number of nitriles is 4. The molecular weight excluding hydrogens is 729 g/mol. The SMILES string of the molecule is CC1CC(OCCN(C)C2CCC(/C=C/C3=CC(=C(C#N)C#N)CC(C)(C)C3)CC2)CC(OCCN(C)C2CCC(/C=C/C3=CC(=C(C#N)C#N)CC(C)(C)C3)CC2)C1. The van der Waals surface area contributed by atoms with Crippen molar-refractivity contribution < 1.29 is 9.47 Å². The lowest BCUT2D eigenvalue weighted by molar-refractivity contribution is -0.0664. The summed E-state index contributed by atoms with van der Waals surface area (Å²) in [6.45, 7) is 14.7. The molecule has 0 aliphatic heterocycles. The smallest absolute Gasteiger partial charge is 0.132 e. The normalized spacial score (nSPS) is 29.7. The van der Waals surface area contributed by atoms with Gasteiger partial charge in [-0.2, -0.15) is 21.0 Å². The van der Waals surface area contributed by atoms with Crippen LogP contribution in [0.5, 0.6) is 0 Å². The van der Waals surface area contributed by atoms with Gasteiger partial charge in [-0.3, -0.25) is 0 Å². The fourth-order valence-corrected chi connectivity index (χ4v) is 10.6. The summed E-state index contributed by atoms with van der Waals surface area (Å²) in [6, 6.07) is 9.55. The van der Waals surface area contributed by atoms with Gasteiger partial charge in [-0.25, -0.2) is 0 Å². The highest BCUT2D eigenvalue weighted by Gasteiger charge is 2.31. The zero-order valence-electron chi connectivity index (χ0n) is 37.4. The van der Waals surface area contributed by atoms with E-state index in [1.165, 1.54) is 62.5 Å². The number of nitrogens with zero attached hydrogens (tertiary/aromatic N) is 6. The topological polar surface area (TPSA) is 120 Å². The molecule has 0 heterocycles. The second kappa shape index (κ2) is 21.7. The molecule has 0 spiro atoms. The van der Waals surface area contributed by atoms with E-state index in [4.69, 9.17) is 9.47 Å². The molecule has 0 aromatic heterocycles. The summed E-state index contributed by atoms with van der Waals surface area (Å²) in [4.78, 5) is 5.03. The predicted molar refractivity (Wildman–Crippen MR) is 236 cm³/mol. The molecule has 0 bridgehead atoms. The number of likely N-dealkylation sites (N-methyl/N-ethyl adjacent to an activating group) is 2. The van der Waals surface area contributed by atoms with Crippen molar-refractivity contribution in [3.05, 3.63) is 69.9 Å². The van der Waals surface area contributed by atoms with E-state index in [1.54, 1.807) is 0 Å². The van der Waals surface area contributed by atoms with Crippen molar-refractivity contribution >= 4 is 0 Å². The van der Waals surface area contributed by atoms with E-state index in [-0.39, 0.29) is 34.2 Å². The maximum Gasteiger partial charge on any atom is 0.132 e. The van der Waals surface area contributed by atoms with E-state index in [2.05, 4.69) is 119 Å². The Bertz CT molecular complexity index is 1640. The van der Waals surface area contributed by atoms with Crippen LogP contribution < -0.4 is 0 Å². The van der Waals surface area contributed by atoms with Gasteiger partial charge in [0.1, 0.15) is 35.4 Å². The Balaban J connectivity index is 0.970. The van der Waals surface area contributed by atoms with E-state index in [0.29, 0.717) is 29.8 Å². The van der Waals surface area contributed by atoms with Crippen molar-refractivity contribution in [3.8, 4) is 24.3 Å². The minimum absolute atomic E-state index is 0.0507. The van der Waals surface area contributed by atoms with Crippen LogP contribution in [0.15, 0.2) is 69.9 Å². The lowest BCUT2D eigenvalue weighted by Gasteiger charge is -2.36. The molecule has 3 fully saturated rings. The number of hydrogen-bond acceptors (Lipinski definition) is 8. The molecule has 0 N–H and O–H groups in total. The van der Waals surface area contributed by atoms with Gasteiger partial charge in [-0.1, -0.05) is 71.1 Å². The van der Waals surface area contributed by atoms with Gasteiger partial charge < -0.3 is 19.3 Å². The average Bonchev–Trinajstić information content (AvgIpc) is 3.19. The molecule has 0 aromatic carbocycles. The van der Waals surface area contributed by atoms with E-state index in [0.717, 1.165) is 82.4 Å². The van der Waals surface area contributed by atoms with Crippen molar-refractivity contribution in [2.24, 2.45) is 28.6 Å². The summed E-state index contributed by atoms with van der Waals surface area (Å²) in [5.74, 6) is 1.76. The minimum Gasteiger partial charge on any atom is -0.377 e. The molecule has 5 aliphatic rings. The van der Waals surface area contributed by atoms with Crippen LogP contribution in [0.2, 0.25) is 0 Å². The van der Waals surface area contributed by atoms with Crippen molar-refractivity contribution in [2.75, 3.05) is 40.4 Å². The Labute approximate surface area is 357 Å². The molecule has 318 valence electrons. The molecule has 59 heavy (non-hydrogen) atoms. The minimum atomic E-state index is 0.0507. The first kappa shape index (κ1) is 46.3. The Kier molecular flexibility index (Phi) is 17.0. The lowest BCUT2D eigenvalue weighted by atomic mass is 9.74. The van der Waals surface area contributed by atoms with Gasteiger partial charge in [-0.15, -0.1) is 0 Å². The highest BCUT2D eigenvalue weighted by Crippen LogP contribution is 2.41. The lowest BCUT2D eigenvalue weighted by Crippen LogP contribution is -2.40. The average molecular weight is 801 g/mol. The van der Waals surface area contributed by atoms with Gasteiger partial charge in [0.15, 0.2) is 0 Å². The zero-order chi connectivity index (χ0) is 42.6. The first-order chi connectivity index (χ1) is 28.2. The van der Waals surface area contributed by atoms with Gasteiger partial charge in [0.05, 0.1) is 25.4 Å². The fourth-order valence-electron chi connectivity index (χ4n) is 10.6. The van der Waals surface area contributed by atoms with Crippen molar-refractivity contribution in [1.82, 2.24) is 9.80 Å². The van der Waals surface area contributed by atoms with Crippen LogP contribution in [-0.2, 0) is 9.47 Å². The van der Waals surface area contributed by atoms with Crippen LogP contribution in [0.3, 0.4) is 0 Å². The highest BCUT2D eigenvalue weighted by molar-refractivity contribution is 5.50. The molecular formula is C51H72N6O2. The third-order valence-electron chi connectivity index (χ3n) is 13.9.